The Morgan fingerprint density at radius 3 is 2.61 bits per heavy atom. The molecule has 1 aliphatic heterocycles. The predicted molar refractivity (Wildman–Crippen MR) is 65.8 cm³/mol. The smallest absolute Gasteiger partial charge is 0.302 e. The summed E-state index contributed by atoms with van der Waals surface area (Å²) < 4.78 is 38.3. The summed E-state index contributed by atoms with van der Waals surface area (Å²) in [6.45, 7) is 0.429. The van der Waals surface area contributed by atoms with Crippen LogP contribution in [0.3, 0.4) is 0 Å². The van der Waals surface area contributed by atoms with Crippen LogP contribution in [0.1, 0.15) is 18.4 Å². The lowest BCUT2D eigenvalue weighted by Gasteiger charge is -2.22. The van der Waals surface area contributed by atoms with E-state index in [1.165, 1.54) is 10.5 Å². The van der Waals surface area contributed by atoms with Gasteiger partial charge in [0, 0.05) is 16.7 Å². The van der Waals surface area contributed by atoms with E-state index in [0.717, 1.165) is 6.42 Å². The molecule has 1 N–H and O–H groups in total. The topological polar surface area (TPSA) is 12.0 Å². The van der Waals surface area contributed by atoms with Gasteiger partial charge in [0.1, 0.15) is 5.54 Å². The summed E-state index contributed by atoms with van der Waals surface area (Å²) in [6, 6.07) is 8.04. The van der Waals surface area contributed by atoms with Gasteiger partial charge in [0.25, 0.3) is 0 Å². The van der Waals surface area contributed by atoms with Gasteiger partial charge in [0.2, 0.25) is 0 Å². The molecule has 0 radical (unpaired) electrons. The molecule has 0 aromatic heterocycles. The molecule has 2 aliphatic rings. The number of thioether (sulfide) groups is 1. The molecule has 0 saturated heterocycles. The molecular weight excluding hydrogens is 259 g/mol. The van der Waals surface area contributed by atoms with Gasteiger partial charge in [-0.1, -0.05) is 18.2 Å². The second-order valence-electron chi connectivity index (χ2n) is 5.01. The maximum absolute atomic E-state index is 12.8. The van der Waals surface area contributed by atoms with Gasteiger partial charge in [-0.25, -0.2) is 0 Å². The number of alkyl halides is 3. The first-order valence-corrected chi connectivity index (χ1v) is 6.94. The van der Waals surface area contributed by atoms with Gasteiger partial charge in [-0.15, -0.1) is 11.8 Å². The average molecular weight is 273 g/mol. The zero-order valence-corrected chi connectivity index (χ0v) is 10.6. The molecule has 5 heteroatoms. The Bertz CT molecular complexity index is 429. The molecule has 1 fully saturated rings. The number of nitrogens with one attached hydrogen (secondary N) is 1. The van der Waals surface area contributed by atoms with Crippen LogP contribution in [-0.2, 0) is 6.42 Å². The summed E-state index contributed by atoms with van der Waals surface area (Å²) in [5.74, 6) is 0. The molecule has 0 amide bonds. The van der Waals surface area contributed by atoms with Gasteiger partial charge in [-0.05, 0) is 30.9 Å². The zero-order chi connectivity index (χ0) is 12.8. The Labute approximate surface area is 108 Å². The molecule has 1 aromatic carbocycles. The van der Waals surface area contributed by atoms with Crippen LogP contribution in [-0.4, -0.2) is 23.5 Å². The number of hydrogen-bond acceptors (Lipinski definition) is 2. The van der Waals surface area contributed by atoms with E-state index in [1.807, 2.05) is 18.2 Å². The second-order valence-corrected chi connectivity index (χ2v) is 6.35. The monoisotopic (exact) mass is 273 g/mol. The fourth-order valence-electron chi connectivity index (χ4n) is 2.36. The normalized spacial score (nSPS) is 24.9. The van der Waals surface area contributed by atoms with E-state index >= 15 is 0 Å². The fourth-order valence-corrected chi connectivity index (χ4v) is 3.61. The lowest BCUT2D eigenvalue weighted by molar-refractivity contribution is -0.165. The lowest BCUT2D eigenvalue weighted by Crippen LogP contribution is -2.47. The van der Waals surface area contributed by atoms with Crippen molar-refractivity contribution in [3.05, 3.63) is 29.8 Å². The Kier molecular flexibility index (Phi) is 2.86. The lowest BCUT2D eigenvalue weighted by atomic mass is 10.1. The first-order valence-electron chi connectivity index (χ1n) is 6.06. The highest BCUT2D eigenvalue weighted by atomic mass is 32.2. The molecule has 0 bridgehead atoms. The van der Waals surface area contributed by atoms with Crippen LogP contribution < -0.4 is 5.32 Å². The molecule has 1 aliphatic carbocycles. The largest absolute Gasteiger partial charge is 0.406 e. The summed E-state index contributed by atoms with van der Waals surface area (Å²) >= 11 is 1.69. The highest BCUT2D eigenvalue weighted by molar-refractivity contribution is 8.00. The van der Waals surface area contributed by atoms with Crippen molar-refractivity contribution in [3.63, 3.8) is 0 Å². The molecule has 1 atom stereocenters. The van der Waals surface area contributed by atoms with Gasteiger partial charge in [0.05, 0.1) is 0 Å². The van der Waals surface area contributed by atoms with Crippen molar-refractivity contribution in [1.29, 1.82) is 0 Å². The minimum absolute atomic E-state index is 0.223. The zero-order valence-electron chi connectivity index (χ0n) is 9.76. The number of halogens is 3. The van der Waals surface area contributed by atoms with E-state index in [9.17, 15) is 13.2 Å². The summed E-state index contributed by atoms with van der Waals surface area (Å²) in [7, 11) is 0. The van der Waals surface area contributed by atoms with Crippen LogP contribution in [0.15, 0.2) is 29.2 Å². The fraction of sp³-hybridized carbons (Fsp3) is 0.538. The molecule has 98 valence electrons. The van der Waals surface area contributed by atoms with Crippen LogP contribution in [0.4, 0.5) is 13.2 Å². The van der Waals surface area contributed by atoms with Crippen molar-refractivity contribution in [2.24, 2.45) is 0 Å². The third-order valence-electron chi connectivity index (χ3n) is 3.67. The van der Waals surface area contributed by atoms with Gasteiger partial charge in [-0.3, -0.25) is 0 Å². The summed E-state index contributed by atoms with van der Waals surface area (Å²) in [4.78, 5) is 1.21. The van der Waals surface area contributed by atoms with Crippen molar-refractivity contribution in [2.75, 3.05) is 6.54 Å². The standard InChI is InChI=1S/C13H14F3NS/c14-13(15,16)12(5-6-12)17-8-10-7-9-3-1-2-4-11(9)18-10/h1-4,10,17H,5-8H2. The number of rotatable bonds is 3. The van der Waals surface area contributed by atoms with Gasteiger partial charge < -0.3 is 5.32 Å². The molecule has 1 unspecified atom stereocenters. The van der Waals surface area contributed by atoms with Crippen molar-refractivity contribution in [1.82, 2.24) is 5.32 Å². The number of benzene rings is 1. The minimum atomic E-state index is -4.11. The Morgan fingerprint density at radius 2 is 2.00 bits per heavy atom. The van der Waals surface area contributed by atoms with Gasteiger partial charge in [0.15, 0.2) is 0 Å². The molecular formula is C13H14F3NS. The van der Waals surface area contributed by atoms with Crippen LogP contribution in [0.25, 0.3) is 0 Å². The second kappa shape index (κ2) is 4.17. The van der Waals surface area contributed by atoms with Gasteiger partial charge >= 0.3 is 6.18 Å². The third-order valence-corrected chi connectivity index (χ3v) is 4.99. The van der Waals surface area contributed by atoms with E-state index in [4.69, 9.17) is 0 Å². The van der Waals surface area contributed by atoms with E-state index in [0.29, 0.717) is 6.54 Å². The first-order chi connectivity index (χ1) is 8.50. The van der Waals surface area contributed by atoms with Crippen LogP contribution in [0.5, 0.6) is 0 Å². The van der Waals surface area contributed by atoms with Crippen LogP contribution in [0, 0.1) is 0 Å². The average Bonchev–Trinajstić information content (AvgIpc) is 3.00. The van der Waals surface area contributed by atoms with Gasteiger partial charge in [-0.2, -0.15) is 13.2 Å². The van der Waals surface area contributed by atoms with Crippen LogP contribution >= 0.6 is 11.8 Å². The minimum Gasteiger partial charge on any atom is -0.302 e. The summed E-state index contributed by atoms with van der Waals surface area (Å²) in [6.07, 6.45) is -2.80. The molecule has 1 saturated carbocycles. The first kappa shape index (κ1) is 12.4. The van der Waals surface area contributed by atoms with E-state index in [-0.39, 0.29) is 18.1 Å². The quantitative estimate of drug-likeness (QED) is 0.906. The van der Waals surface area contributed by atoms with Crippen LogP contribution in [0.2, 0.25) is 0 Å². The van der Waals surface area contributed by atoms with E-state index in [2.05, 4.69) is 11.4 Å². The summed E-state index contributed by atoms with van der Waals surface area (Å²) in [5, 5.41) is 2.97. The predicted octanol–water partition coefficient (Wildman–Crippen LogP) is 3.39. The third kappa shape index (κ3) is 2.14. The van der Waals surface area contributed by atoms with Crippen molar-refractivity contribution in [2.45, 2.75) is 41.1 Å². The van der Waals surface area contributed by atoms with E-state index in [1.54, 1.807) is 11.8 Å². The Hall–Kier alpha value is -0.680. The van der Waals surface area contributed by atoms with E-state index < -0.39 is 11.7 Å². The molecule has 1 heterocycles. The molecule has 3 rings (SSSR count). The SMILES string of the molecule is FC(F)(F)C1(NCC2Cc3ccccc3S2)CC1. The molecule has 18 heavy (non-hydrogen) atoms. The van der Waals surface area contributed by atoms with Crippen molar-refractivity contribution in [3.8, 4) is 0 Å². The number of hydrogen-bond donors (Lipinski definition) is 1. The molecule has 1 nitrogen and oxygen atoms in total. The van der Waals surface area contributed by atoms with Crippen molar-refractivity contribution < 1.29 is 13.2 Å². The maximum atomic E-state index is 12.8. The highest BCUT2D eigenvalue weighted by Gasteiger charge is 2.63. The Morgan fingerprint density at radius 1 is 1.28 bits per heavy atom. The molecule has 0 spiro atoms. The maximum Gasteiger partial charge on any atom is 0.406 e. The van der Waals surface area contributed by atoms with Crippen molar-refractivity contribution >= 4 is 11.8 Å². The summed E-state index contributed by atoms with van der Waals surface area (Å²) in [5.41, 5.74) is -0.325. The Balaban J connectivity index is 1.58. The highest BCUT2D eigenvalue weighted by Crippen LogP contribution is 2.49. The number of fused-ring (bicyclic) bond motifs is 1. The molecule has 1 aromatic rings.